The Balaban J connectivity index is 2.03. The lowest BCUT2D eigenvalue weighted by Crippen LogP contribution is -2.14. The average Bonchev–Trinajstić information content (AvgIpc) is 2.97. The molecule has 0 atom stereocenters. The Bertz CT molecular complexity index is 1010. The van der Waals surface area contributed by atoms with Gasteiger partial charge in [-0.3, -0.25) is 14.5 Å². The fourth-order valence-corrected chi connectivity index (χ4v) is 2.94. The number of halogens is 2. The number of nitrogens with one attached hydrogen (secondary N) is 1. The second-order valence-corrected chi connectivity index (χ2v) is 5.89. The van der Waals surface area contributed by atoms with E-state index in [-0.39, 0.29) is 16.4 Å². The van der Waals surface area contributed by atoms with Gasteiger partial charge in [0, 0.05) is 18.8 Å². The van der Waals surface area contributed by atoms with Crippen molar-refractivity contribution in [2.75, 3.05) is 19.5 Å². The van der Waals surface area contributed by atoms with Crippen molar-refractivity contribution in [2.24, 2.45) is 7.05 Å². The van der Waals surface area contributed by atoms with Crippen LogP contribution in [0.15, 0.2) is 36.7 Å². The van der Waals surface area contributed by atoms with Crippen molar-refractivity contribution in [2.45, 2.75) is 0 Å². The third kappa shape index (κ3) is 3.56. The summed E-state index contributed by atoms with van der Waals surface area (Å²) in [6.07, 6.45) is 2.37. The standard InChI is InChI=1S/C18H16ClFN4O3/c1-24-17(11-8-10(26-2)4-5-14(11)27-3)15(19)16(23-24)18(25)22-13-6-7-21-9-12(13)20/h4-9H,1-3H3,(H,21,22,25). The van der Waals surface area contributed by atoms with Crippen LogP contribution in [0.3, 0.4) is 0 Å². The fourth-order valence-electron chi connectivity index (χ4n) is 2.59. The Labute approximate surface area is 159 Å². The van der Waals surface area contributed by atoms with Crippen molar-refractivity contribution < 1.29 is 18.7 Å². The second-order valence-electron chi connectivity index (χ2n) is 5.51. The predicted octanol–water partition coefficient (Wildman–Crippen LogP) is 3.54. The van der Waals surface area contributed by atoms with E-state index in [0.717, 1.165) is 6.20 Å². The van der Waals surface area contributed by atoms with Crippen LogP contribution < -0.4 is 14.8 Å². The van der Waals surface area contributed by atoms with Crippen molar-refractivity contribution in [1.82, 2.24) is 14.8 Å². The Kier molecular flexibility index (Phi) is 5.27. The summed E-state index contributed by atoms with van der Waals surface area (Å²) in [6.45, 7) is 0. The molecule has 0 bridgehead atoms. The van der Waals surface area contributed by atoms with E-state index in [1.54, 1.807) is 32.4 Å². The quantitative estimate of drug-likeness (QED) is 0.720. The molecular weight excluding hydrogens is 375 g/mol. The topological polar surface area (TPSA) is 78.3 Å². The van der Waals surface area contributed by atoms with E-state index in [2.05, 4.69) is 15.4 Å². The number of hydrogen-bond acceptors (Lipinski definition) is 5. The number of nitrogens with zero attached hydrogens (tertiary/aromatic N) is 3. The summed E-state index contributed by atoms with van der Waals surface area (Å²) in [5.41, 5.74) is 1.01. The zero-order chi connectivity index (χ0) is 19.6. The molecule has 1 N–H and O–H groups in total. The molecule has 0 aliphatic rings. The monoisotopic (exact) mass is 390 g/mol. The lowest BCUT2D eigenvalue weighted by Gasteiger charge is -2.11. The number of rotatable bonds is 5. The number of anilines is 1. The highest BCUT2D eigenvalue weighted by Gasteiger charge is 2.24. The number of ether oxygens (including phenoxy) is 2. The lowest BCUT2D eigenvalue weighted by molar-refractivity contribution is 0.102. The molecule has 0 radical (unpaired) electrons. The molecule has 7 nitrogen and oxygen atoms in total. The van der Waals surface area contributed by atoms with E-state index in [1.807, 2.05) is 0 Å². The van der Waals surface area contributed by atoms with Crippen molar-refractivity contribution >= 4 is 23.2 Å². The first-order valence-electron chi connectivity index (χ1n) is 7.82. The van der Waals surface area contributed by atoms with Gasteiger partial charge < -0.3 is 14.8 Å². The van der Waals surface area contributed by atoms with Gasteiger partial charge in [-0.1, -0.05) is 11.6 Å². The number of pyridine rings is 1. The maximum atomic E-state index is 13.7. The molecule has 0 aliphatic carbocycles. The fraction of sp³-hybridized carbons (Fsp3) is 0.167. The highest BCUT2D eigenvalue weighted by Crippen LogP contribution is 2.38. The van der Waals surface area contributed by atoms with E-state index >= 15 is 0 Å². The Hall–Kier alpha value is -3.13. The molecule has 140 valence electrons. The zero-order valence-electron chi connectivity index (χ0n) is 14.8. The van der Waals surface area contributed by atoms with Crippen LogP contribution in [0, 0.1) is 5.82 Å². The van der Waals surface area contributed by atoms with Gasteiger partial charge in [0.1, 0.15) is 11.5 Å². The molecule has 9 heteroatoms. The number of benzene rings is 1. The van der Waals surface area contributed by atoms with Crippen LogP contribution in [0.5, 0.6) is 11.5 Å². The number of carbonyl (C=O) groups is 1. The van der Waals surface area contributed by atoms with Gasteiger partial charge in [0.05, 0.1) is 36.8 Å². The highest BCUT2D eigenvalue weighted by atomic mass is 35.5. The smallest absolute Gasteiger partial charge is 0.277 e. The highest BCUT2D eigenvalue weighted by molar-refractivity contribution is 6.36. The SMILES string of the molecule is COc1ccc(OC)c(-c2c(Cl)c(C(=O)Nc3ccncc3F)nn2C)c1. The summed E-state index contributed by atoms with van der Waals surface area (Å²) in [6, 6.07) is 6.54. The van der Waals surface area contributed by atoms with Crippen molar-refractivity contribution in [1.29, 1.82) is 0 Å². The van der Waals surface area contributed by atoms with E-state index in [1.165, 1.54) is 24.1 Å². The van der Waals surface area contributed by atoms with E-state index in [9.17, 15) is 9.18 Å². The molecule has 3 aromatic rings. The summed E-state index contributed by atoms with van der Waals surface area (Å²) in [5.74, 6) is -0.179. The van der Waals surface area contributed by atoms with E-state index < -0.39 is 11.7 Å². The van der Waals surface area contributed by atoms with Gasteiger partial charge in [0.25, 0.3) is 5.91 Å². The van der Waals surface area contributed by atoms with Gasteiger partial charge in [0.15, 0.2) is 11.5 Å². The Morgan fingerprint density at radius 3 is 2.70 bits per heavy atom. The normalized spacial score (nSPS) is 10.6. The molecule has 3 rings (SSSR count). The number of aromatic nitrogens is 3. The maximum Gasteiger partial charge on any atom is 0.277 e. The largest absolute Gasteiger partial charge is 0.497 e. The van der Waals surface area contributed by atoms with Gasteiger partial charge in [-0.2, -0.15) is 5.10 Å². The van der Waals surface area contributed by atoms with Crippen LogP contribution >= 0.6 is 11.6 Å². The Morgan fingerprint density at radius 1 is 1.26 bits per heavy atom. The third-order valence-electron chi connectivity index (χ3n) is 3.89. The molecule has 0 unspecified atom stereocenters. The summed E-state index contributed by atoms with van der Waals surface area (Å²) in [4.78, 5) is 16.2. The van der Waals surface area contributed by atoms with Crippen molar-refractivity contribution in [3.8, 4) is 22.8 Å². The molecule has 0 saturated heterocycles. The van der Waals surface area contributed by atoms with Gasteiger partial charge in [-0.05, 0) is 24.3 Å². The Morgan fingerprint density at radius 2 is 2.04 bits per heavy atom. The van der Waals surface area contributed by atoms with E-state index in [4.69, 9.17) is 21.1 Å². The van der Waals surface area contributed by atoms with Crippen LogP contribution in [-0.4, -0.2) is 34.9 Å². The average molecular weight is 391 g/mol. The van der Waals surface area contributed by atoms with Crippen LogP contribution in [0.1, 0.15) is 10.5 Å². The molecule has 1 aromatic carbocycles. The molecule has 2 aromatic heterocycles. The molecule has 0 aliphatic heterocycles. The first-order chi connectivity index (χ1) is 13.0. The minimum Gasteiger partial charge on any atom is -0.497 e. The minimum atomic E-state index is -0.660. The number of carbonyl (C=O) groups excluding carboxylic acids is 1. The number of aryl methyl sites for hydroxylation is 1. The van der Waals surface area contributed by atoms with Crippen LogP contribution in [0.2, 0.25) is 5.02 Å². The molecule has 0 fully saturated rings. The molecule has 1 amide bonds. The minimum absolute atomic E-state index is 0.0165. The van der Waals surface area contributed by atoms with Gasteiger partial charge in [0.2, 0.25) is 0 Å². The number of methoxy groups -OCH3 is 2. The van der Waals surface area contributed by atoms with Crippen molar-refractivity contribution in [3.05, 3.63) is 53.2 Å². The maximum absolute atomic E-state index is 13.7. The summed E-state index contributed by atoms with van der Waals surface area (Å²) < 4.78 is 25.8. The van der Waals surface area contributed by atoms with Gasteiger partial charge >= 0.3 is 0 Å². The third-order valence-corrected chi connectivity index (χ3v) is 4.24. The zero-order valence-corrected chi connectivity index (χ0v) is 15.5. The van der Waals surface area contributed by atoms with Crippen LogP contribution in [0.4, 0.5) is 10.1 Å². The lowest BCUT2D eigenvalue weighted by atomic mass is 10.1. The predicted molar refractivity (Wildman–Crippen MR) is 98.9 cm³/mol. The summed E-state index contributed by atoms with van der Waals surface area (Å²) in [7, 11) is 4.71. The van der Waals surface area contributed by atoms with Crippen LogP contribution in [-0.2, 0) is 7.05 Å². The van der Waals surface area contributed by atoms with Gasteiger partial charge in [-0.15, -0.1) is 0 Å². The van der Waals surface area contributed by atoms with Gasteiger partial charge in [-0.25, -0.2) is 4.39 Å². The molecule has 0 spiro atoms. The first-order valence-corrected chi connectivity index (χ1v) is 8.19. The van der Waals surface area contributed by atoms with Crippen molar-refractivity contribution in [3.63, 3.8) is 0 Å². The number of amides is 1. The molecule has 2 heterocycles. The molecular formula is C18H16ClFN4O3. The molecule has 0 saturated carbocycles. The first kappa shape index (κ1) is 18.7. The molecule has 27 heavy (non-hydrogen) atoms. The summed E-state index contributed by atoms with van der Waals surface area (Å²) >= 11 is 6.44. The summed E-state index contributed by atoms with van der Waals surface area (Å²) in [5, 5.41) is 6.73. The second kappa shape index (κ2) is 7.63. The van der Waals surface area contributed by atoms with Crippen LogP contribution in [0.25, 0.3) is 11.3 Å². The number of hydrogen-bond donors (Lipinski definition) is 1. The van der Waals surface area contributed by atoms with E-state index in [0.29, 0.717) is 22.8 Å².